The van der Waals surface area contributed by atoms with Gasteiger partial charge >= 0.3 is 0 Å². The number of aromatic hydroxyl groups is 1. The molecule has 0 spiro atoms. The van der Waals surface area contributed by atoms with Gasteiger partial charge in [-0.05, 0) is 18.6 Å². The van der Waals surface area contributed by atoms with Crippen LogP contribution in [0, 0.1) is 0 Å². The van der Waals surface area contributed by atoms with E-state index in [0.29, 0.717) is 12.4 Å². The van der Waals surface area contributed by atoms with Gasteiger partial charge in [0.2, 0.25) is 0 Å². The molecule has 20 heavy (non-hydrogen) atoms. The second-order valence-electron chi connectivity index (χ2n) is 4.77. The summed E-state index contributed by atoms with van der Waals surface area (Å²) in [5.41, 5.74) is 2.12. The number of phenols is 1. The molecule has 0 saturated carbocycles. The molecule has 0 aliphatic carbocycles. The van der Waals surface area contributed by atoms with Crippen LogP contribution in [0.25, 0.3) is 0 Å². The number of hydrogen-bond donors (Lipinski definition) is 3. The van der Waals surface area contributed by atoms with E-state index >= 15 is 0 Å². The molecule has 1 amide bonds. The van der Waals surface area contributed by atoms with Crippen molar-refractivity contribution in [2.24, 2.45) is 5.84 Å². The van der Waals surface area contributed by atoms with Crippen molar-refractivity contribution in [3.8, 4) is 11.5 Å². The third-order valence-electron chi connectivity index (χ3n) is 3.11. The lowest BCUT2D eigenvalue weighted by atomic mass is 10.1. The first-order valence-corrected chi connectivity index (χ1v) is 7.15. The summed E-state index contributed by atoms with van der Waals surface area (Å²) in [5.74, 6) is 4.92. The summed E-state index contributed by atoms with van der Waals surface area (Å²) in [6.07, 6.45) is 7.20. The fourth-order valence-electron chi connectivity index (χ4n) is 1.94. The van der Waals surface area contributed by atoms with Crippen molar-refractivity contribution in [3.63, 3.8) is 0 Å². The smallest absolute Gasteiger partial charge is 0.268 e. The normalized spacial score (nSPS) is 10.3. The maximum absolute atomic E-state index is 11.3. The first-order chi connectivity index (χ1) is 9.69. The molecule has 0 aliphatic rings. The molecule has 0 radical (unpaired) electrons. The number of nitrogens with two attached hydrogens (primary N) is 1. The molecule has 0 unspecified atom stereocenters. The lowest BCUT2D eigenvalue weighted by Gasteiger charge is -2.08. The Bertz CT molecular complexity index is 422. The number of unbranched alkanes of at least 4 members (excludes halogenated alkanes) is 5. The second kappa shape index (κ2) is 9.20. The van der Waals surface area contributed by atoms with Crippen LogP contribution < -0.4 is 16.0 Å². The van der Waals surface area contributed by atoms with Crippen molar-refractivity contribution in [2.45, 2.75) is 45.4 Å². The monoisotopic (exact) mass is 280 g/mol. The first kappa shape index (κ1) is 16.3. The van der Waals surface area contributed by atoms with E-state index in [1.807, 2.05) is 5.43 Å². The fourth-order valence-corrected chi connectivity index (χ4v) is 1.94. The van der Waals surface area contributed by atoms with Crippen LogP contribution in [0.2, 0.25) is 0 Å². The Morgan fingerprint density at radius 2 is 1.95 bits per heavy atom. The van der Waals surface area contributed by atoms with Crippen LogP contribution in [0.3, 0.4) is 0 Å². The Hall–Kier alpha value is -1.75. The highest BCUT2D eigenvalue weighted by Crippen LogP contribution is 2.23. The molecular weight excluding hydrogens is 256 g/mol. The number of phenolic OH excluding ortho intramolecular Hbond substituents is 1. The van der Waals surface area contributed by atoms with Crippen molar-refractivity contribution in [3.05, 3.63) is 23.8 Å². The van der Waals surface area contributed by atoms with Gasteiger partial charge in [-0.1, -0.05) is 39.0 Å². The van der Waals surface area contributed by atoms with Crippen molar-refractivity contribution < 1.29 is 14.6 Å². The second-order valence-corrected chi connectivity index (χ2v) is 4.77. The van der Waals surface area contributed by atoms with E-state index in [0.717, 1.165) is 12.8 Å². The third-order valence-corrected chi connectivity index (χ3v) is 3.11. The summed E-state index contributed by atoms with van der Waals surface area (Å²) in [7, 11) is 0. The molecule has 1 aromatic carbocycles. The Kier molecular flexibility index (Phi) is 7.50. The van der Waals surface area contributed by atoms with Crippen LogP contribution in [0.1, 0.15) is 55.8 Å². The first-order valence-electron chi connectivity index (χ1n) is 7.15. The number of carbonyl (C=O) groups is 1. The lowest BCUT2D eigenvalue weighted by Crippen LogP contribution is -2.29. The van der Waals surface area contributed by atoms with E-state index in [1.165, 1.54) is 37.8 Å². The minimum absolute atomic E-state index is 0.131. The van der Waals surface area contributed by atoms with E-state index in [-0.39, 0.29) is 11.3 Å². The zero-order chi connectivity index (χ0) is 14.8. The maximum atomic E-state index is 11.3. The number of benzene rings is 1. The van der Waals surface area contributed by atoms with Gasteiger partial charge in [0.25, 0.3) is 5.91 Å². The molecule has 0 fully saturated rings. The number of carbonyl (C=O) groups excluding carboxylic acids is 1. The summed E-state index contributed by atoms with van der Waals surface area (Å²) >= 11 is 0. The minimum Gasteiger partial charge on any atom is -0.507 e. The molecule has 1 rings (SSSR count). The molecule has 0 aromatic heterocycles. The zero-order valence-electron chi connectivity index (χ0n) is 12.0. The van der Waals surface area contributed by atoms with Gasteiger partial charge in [-0.25, -0.2) is 5.84 Å². The highest BCUT2D eigenvalue weighted by atomic mass is 16.5. The summed E-state index contributed by atoms with van der Waals surface area (Å²) < 4.78 is 5.54. The molecule has 0 atom stereocenters. The van der Waals surface area contributed by atoms with Crippen molar-refractivity contribution in [1.82, 2.24) is 5.43 Å². The van der Waals surface area contributed by atoms with E-state index in [1.54, 1.807) is 6.07 Å². The van der Waals surface area contributed by atoms with E-state index < -0.39 is 5.91 Å². The maximum Gasteiger partial charge on any atom is 0.268 e. The summed E-state index contributed by atoms with van der Waals surface area (Å²) in [6.45, 7) is 2.82. The summed E-state index contributed by atoms with van der Waals surface area (Å²) in [6, 6.07) is 4.58. The molecule has 4 N–H and O–H groups in total. The molecule has 112 valence electrons. The van der Waals surface area contributed by atoms with Crippen LogP contribution in [-0.4, -0.2) is 17.6 Å². The number of ether oxygens (including phenoxy) is 1. The van der Waals surface area contributed by atoms with Crippen molar-refractivity contribution in [1.29, 1.82) is 0 Å². The van der Waals surface area contributed by atoms with Crippen molar-refractivity contribution in [2.75, 3.05) is 6.61 Å². The van der Waals surface area contributed by atoms with Gasteiger partial charge in [0.1, 0.15) is 11.5 Å². The highest BCUT2D eigenvalue weighted by Gasteiger charge is 2.10. The quantitative estimate of drug-likeness (QED) is 0.281. The number of nitrogen functional groups attached to an aromatic ring is 1. The average molecular weight is 280 g/mol. The third kappa shape index (κ3) is 5.48. The molecule has 1 aromatic rings. The average Bonchev–Trinajstić information content (AvgIpc) is 2.45. The van der Waals surface area contributed by atoms with Gasteiger partial charge in [-0.15, -0.1) is 0 Å². The van der Waals surface area contributed by atoms with Gasteiger partial charge in [0.15, 0.2) is 0 Å². The number of rotatable bonds is 9. The standard InChI is InChI=1S/C15H24N2O3/c1-2-3-4-5-6-7-10-20-12-8-9-13(14(18)11-12)15(19)17-16/h8-9,11,18H,2-7,10,16H2,1H3,(H,17,19). The van der Waals surface area contributed by atoms with Crippen LogP contribution in [-0.2, 0) is 0 Å². The highest BCUT2D eigenvalue weighted by molar-refractivity contribution is 5.96. The zero-order valence-corrected chi connectivity index (χ0v) is 12.0. The minimum atomic E-state index is -0.523. The van der Waals surface area contributed by atoms with Gasteiger partial charge in [0, 0.05) is 6.07 Å². The fraction of sp³-hybridized carbons (Fsp3) is 0.533. The largest absolute Gasteiger partial charge is 0.507 e. The van der Waals surface area contributed by atoms with Gasteiger partial charge in [0.05, 0.1) is 12.2 Å². The predicted octanol–water partition coefficient (Wildman–Crippen LogP) is 2.74. The number of amides is 1. The van der Waals surface area contributed by atoms with Crippen molar-refractivity contribution >= 4 is 5.91 Å². The van der Waals surface area contributed by atoms with Gasteiger partial charge in [-0.3, -0.25) is 10.2 Å². The van der Waals surface area contributed by atoms with E-state index in [2.05, 4.69) is 6.92 Å². The van der Waals surface area contributed by atoms with Crippen LogP contribution in [0.5, 0.6) is 11.5 Å². The molecule has 0 heterocycles. The summed E-state index contributed by atoms with van der Waals surface area (Å²) in [5, 5.41) is 9.70. The Balaban J connectivity index is 2.31. The molecule has 0 bridgehead atoms. The number of hydrazine groups is 1. The predicted molar refractivity (Wildman–Crippen MR) is 78.6 cm³/mol. The van der Waals surface area contributed by atoms with E-state index in [4.69, 9.17) is 10.6 Å². The van der Waals surface area contributed by atoms with E-state index in [9.17, 15) is 9.90 Å². The van der Waals surface area contributed by atoms with Crippen LogP contribution in [0.4, 0.5) is 0 Å². The molecule has 0 aliphatic heterocycles. The van der Waals surface area contributed by atoms with Gasteiger partial charge in [-0.2, -0.15) is 0 Å². The molecule has 5 nitrogen and oxygen atoms in total. The Morgan fingerprint density at radius 3 is 2.60 bits per heavy atom. The van der Waals surface area contributed by atoms with Crippen LogP contribution in [0.15, 0.2) is 18.2 Å². The lowest BCUT2D eigenvalue weighted by molar-refractivity contribution is 0.0951. The molecule has 0 saturated heterocycles. The Labute approximate surface area is 120 Å². The molecular formula is C15H24N2O3. The Morgan fingerprint density at radius 1 is 1.25 bits per heavy atom. The summed E-state index contributed by atoms with van der Waals surface area (Å²) in [4.78, 5) is 11.3. The van der Waals surface area contributed by atoms with Gasteiger partial charge < -0.3 is 9.84 Å². The van der Waals surface area contributed by atoms with Crippen LogP contribution >= 0.6 is 0 Å². The molecule has 5 heteroatoms. The topological polar surface area (TPSA) is 84.6 Å². The number of hydrogen-bond acceptors (Lipinski definition) is 4. The number of nitrogens with one attached hydrogen (secondary N) is 1. The SMILES string of the molecule is CCCCCCCCOc1ccc(C(=O)NN)c(O)c1.